The molecule has 1 saturated heterocycles. The SMILES string of the molecule is Cc1ccnc2c1ccn2[C@@H]1O[C@H]([C@@H](O)C2CCC2)[C@@H](O)[C@H]1O. The number of aromatic nitrogens is 2. The number of ether oxygens (including phenoxy) is 1. The Hall–Kier alpha value is -1.47. The topological polar surface area (TPSA) is 87.7 Å². The first-order chi connectivity index (χ1) is 11.1. The predicted molar refractivity (Wildman–Crippen MR) is 83.7 cm³/mol. The van der Waals surface area contributed by atoms with Crippen LogP contribution in [0.3, 0.4) is 0 Å². The number of aliphatic hydroxyl groups excluding tert-OH is 3. The fourth-order valence-corrected chi connectivity index (χ4v) is 3.65. The summed E-state index contributed by atoms with van der Waals surface area (Å²) in [7, 11) is 0. The smallest absolute Gasteiger partial charge is 0.164 e. The highest BCUT2D eigenvalue weighted by Crippen LogP contribution is 2.39. The zero-order chi connectivity index (χ0) is 16.1. The van der Waals surface area contributed by atoms with E-state index in [2.05, 4.69) is 4.98 Å². The molecule has 0 bridgehead atoms. The number of hydrogen-bond donors (Lipinski definition) is 3. The zero-order valence-electron chi connectivity index (χ0n) is 13.0. The maximum atomic E-state index is 10.4. The Morgan fingerprint density at radius 3 is 2.74 bits per heavy atom. The van der Waals surface area contributed by atoms with Gasteiger partial charge < -0.3 is 24.6 Å². The molecule has 3 N–H and O–H groups in total. The molecule has 1 saturated carbocycles. The van der Waals surface area contributed by atoms with E-state index in [0.29, 0.717) is 5.65 Å². The summed E-state index contributed by atoms with van der Waals surface area (Å²) in [6, 6.07) is 3.85. The molecule has 0 unspecified atom stereocenters. The first kappa shape index (κ1) is 15.1. The second-order valence-corrected chi connectivity index (χ2v) is 6.74. The summed E-state index contributed by atoms with van der Waals surface area (Å²) in [4.78, 5) is 4.37. The Morgan fingerprint density at radius 1 is 1.26 bits per heavy atom. The lowest BCUT2D eigenvalue weighted by Crippen LogP contribution is -2.44. The van der Waals surface area contributed by atoms with Crippen LogP contribution in [0.25, 0.3) is 11.0 Å². The maximum Gasteiger partial charge on any atom is 0.164 e. The summed E-state index contributed by atoms with van der Waals surface area (Å²) in [5.74, 6) is 0.155. The van der Waals surface area contributed by atoms with Crippen LogP contribution >= 0.6 is 0 Å². The van der Waals surface area contributed by atoms with Crippen molar-refractivity contribution in [2.45, 2.75) is 56.8 Å². The van der Waals surface area contributed by atoms with Crippen molar-refractivity contribution in [3.8, 4) is 0 Å². The van der Waals surface area contributed by atoms with Crippen molar-refractivity contribution in [2.75, 3.05) is 0 Å². The molecular weight excluding hydrogens is 296 g/mol. The number of aliphatic hydroxyl groups is 3. The fourth-order valence-electron chi connectivity index (χ4n) is 3.65. The van der Waals surface area contributed by atoms with Gasteiger partial charge in [0.2, 0.25) is 0 Å². The first-order valence-corrected chi connectivity index (χ1v) is 8.19. The molecule has 2 fully saturated rings. The van der Waals surface area contributed by atoms with Gasteiger partial charge in [-0.25, -0.2) is 4.98 Å². The van der Waals surface area contributed by atoms with E-state index in [1.165, 1.54) is 0 Å². The molecule has 2 aliphatic rings. The maximum absolute atomic E-state index is 10.4. The van der Waals surface area contributed by atoms with E-state index >= 15 is 0 Å². The van der Waals surface area contributed by atoms with Crippen LogP contribution in [-0.4, -0.2) is 49.3 Å². The summed E-state index contributed by atoms with van der Waals surface area (Å²) in [5.41, 5.74) is 1.80. The van der Waals surface area contributed by atoms with Crippen LogP contribution in [-0.2, 0) is 4.74 Å². The second-order valence-electron chi connectivity index (χ2n) is 6.74. The van der Waals surface area contributed by atoms with Gasteiger partial charge in [0.1, 0.15) is 24.0 Å². The molecule has 6 nitrogen and oxygen atoms in total. The minimum Gasteiger partial charge on any atom is -0.390 e. The van der Waals surface area contributed by atoms with Gasteiger partial charge >= 0.3 is 0 Å². The van der Waals surface area contributed by atoms with Crippen molar-refractivity contribution in [1.82, 2.24) is 9.55 Å². The Kier molecular flexibility index (Phi) is 3.65. The van der Waals surface area contributed by atoms with Gasteiger partial charge in [-0.1, -0.05) is 6.42 Å². The summed E-state index contributed by atoms with van der Waals surface area (Å²) in [6.07, 6.45) is 2.08. The molecular formula is C17H22N2O4. The van der Waals surface area contributed by atoms with Gasteiger partial charge in [0, 0.05) is 17.8 Å². The van der Waals surface area contributed by atoms with Crippen molar-refractivity contribution in [3.05, 3.63) is 30.1 Å². The molecule has 4 rings (SSSR count). The minimum absolute atomic E-state index is 0.155. The number of aryl methyl sites for hydroxylation is 1. The van der Waals surface area contributed by atoms with Gasteiger partial charge in [-0.3, -0.25) is 0 Å². The van der Waals surface area contributed by atoms with Crippen LogP contribution in [0.5, 0.6) is 0 Å². The minimum atomic E-state index is -1.10. The Balaban J connectivity index is 1.64. The normalized spacial score (nSPS) is 33.0. The molecule has 1 aliphatic heterocycles. The third-order valence-corrected chi connectivity index (χ3v) is 5.35. The third-order valence-electron chi connectivity index (χ3n) is 5.35. The quantitative estimate of drug-likeness (QED) is 0.789. The lowest BCUT2D eigenvalue weighted by molar-refractivity contribution is -0.111. The van der Waals surface area contributed by atoms with E-state index in [1.54, 1.807) is 10.8 Å². The molecule has 1 aliphatic carbocycles. The number of fused-ring (bicyclic) bond motifs is 1. The highest BCUT2D eigenvalue weighted by atomic mass is 16.6. The van der Waals surface area contributed by atoms with Crippen molar-refractivity contribution in [3.63, 3.8) is 0 Å². The van der Waals surface area contributed by atoms with Crippen LogP contribution in [0.4, 0.5) is 0 Å². The highest BCUT2D eigenvalue weighted by molar-refractivity contribution is 5.79. The number of rotatable bonds is 3. The van der Waals surface area contributed by atoms with E-state index < -0.39 is 30.6 Å². The van der Waals surface area contributed by atoms with Gasteiger partial charge in [0.05, 0.1) is 6.10 Å². The van der Waals surface area contributed by atoms with Gasteiger partial charge in [0.25, 0.3) is 0 Å². The van der Waals surface area contributed by atoms with Crippen molar-refractivity contribution >= 4 is 11.0 Å². The number of nitrogens with zero attached hydrogens (tertiary/aromatic N) is 2. The number of hydrogen-bond acceptors (Lipinski definition) is 5. The van der Waals surface area contributed by atoms with Gasteiger partial charge in [-0.15, -0.1) is 0 Å². The second kappa shape index (κ2) is 5.56. The Bertz CT molecular complexity index is 712. The molecule has 5 atom stereocenters. The zero-order valence-corrected chi connectivity index (χ0v) is 13.0. The summed E-state index contributed by atoms with van der Waals surface area (Å²) < 4.78 is 7.61. The van der Waals surface area contributed by atoms with Crippen molar-refractivity contribution in [2.24, 2.45) is 5.92 Å². The molecule has 23 heavy (non-hydrogen) atoms. The van der Waals surface area contributed by atoms with Crippen LogP contribution < -0.4 is 0 Å². The van der Waals surface area contributed by atoms with E-state index in [-0.39, 0.29) is 5.92 Å². The average molecular weight is 318 g/mol. The summed E-state index contributed by atoms with van der Waals surface area (Å²) in [5, 5.41) is 32.1. The van der Waals surface area contributed by atoms with E-state index in [1.807, 2.05) is 25.3 Å². The van der Waals surface area contributed by atoms with Crippen molar-refractivity contribution < 1.29 is 20.1 Å². The lowest BCUT2D eigenvalue weighted by atomic mass is 9.78. The van der Waals surface area contributed by atoms with Crippen LogP contribution in [0.1, 0.15) is 31.1 Å². The van der Waals surface area contributed by atoms with Crippen molar-refractivity contribution in [1.29, 1.82) is 0 Å². The lowest BCUT2D eigenvalue weighted by Gasteiger charge is -2.34. The molecule has 0 spiro atoms. The van der Waals surface area contributed by atoms with Gasteiger partial charge in [-0.2, -0.15) is 0 Å². The van der Waals surface area contributed by atoms with Gasteiger partial charge in [-0.05, 0) is 43.4 Å². The first-order valence-electron chi connectivity index (χ1n) is 8.19. The predicted octanol–water partition coefficient (Wildman–Crippen LogP) is 1.12. The molecule has 0 aromatic carbocycles. The molecule has 3 heterocycles. The summed E-state index contributed by atoms with van der Waals surface area (Å²) >= 11 is 0. The van der Waals surface area contributed by atoms with Crippen LogP contribution in [0.15, 0.2) is 24.5 Å². The Morgan fingerprint density at radius 2 is 2.04 bits per heavy atom. The monoisotopic (exact) mass is 318 g/mol. The largest absolute Gasteiger partial charge is 0.390 e. The standard InChI is InChI=1S/C17H22N2O4/c1-9-5-7-18-16-11(9)6-8-19(16)17-14(22)13(21)15(23-17)12(20)10-3-2-4-10/h5-8,10,12-15,17,20-22H,2-4H2,1H3/t12-,13-,14+,15+,17+/m0/s1. The van der Waals surface area contributed by atoms with E-state index in [0.717, 1.165) is 30.2 Å². The number of pyridine rings is 1. The fraction of sp³-hybridized carbons (Fsp3) is 0.588. The summed E-state index contributed by atoms with van der Waals surface area (Å²) in [6.45, 7) is 2.00. The molecule has 2 aromatic heterocycles. The molecule has 0 amide bonds. The van der Waals surface area contributed by atoms with Gasteiger partial charge in [0.15, 0.2) is 6.23 Å². The van der Waals surface area contributed by atoms with E-state index in [9.17, 15) is 15.3 Å². The van der Waals surface area contributed by atoms with E-state index in [4.69, 9.17) is 4.74 Å². The molecule has 2 aromatic rings. The molecule has 6 heteroatoms. The van der Waals surface area contributed by atoms with Crippen LogP contribution in [0, 0.1) is 12.8 Å². The highest BCUT2D eigenvalue weighted by Gasteiger charge is 2.49. The third kappa shape index (κ3) is 2.29. The van der Waals surface area contributed by atoms with Crippen LogP contribution in [0.2, 0.25) is 0 Å². The molecule has 0 radical (unpaired) electrons. The average Bonchev–Trinajstić information content (AvgIpc) is 3.01. The molecule has 124 valence electrons. The Labute approximate surface area is 134 Å².